The molecule has 5 fully saturated rings. The number of carbonyl (C=O) groups excluding carboxylic acids is 2. The van der Waals surface area contributed by atoms with Gasteiger partial charge in [0.1, 0.15) is 5.82 Å². The zero-order valence-electron chi connectivity index (χ0n) is 16.3. The Morgan fingerprint density at radius 2 is 1.64 bits per heavy atom. The largest absolute Gasteiger partial charge is 0.352 e. The number of amides is 2. The Hall–Kier alpha value is -2.18. The summed E-state index contributed by atoms with van der Waals surface area (Å²) in [5.41, 5.74) is -0.181. The van der Waals surface area contributed by atoms with E-state index in [0.29, 0.717) is 13.1 Å². The first-order valence-corrected chi connectivity index (χ1v) is 10.7. The minimum absolute atomic E-state index is 0.0249. The van der Waals surface area contributed by atoms with E-state index in [-0.39, 0.29) is 23.8 Å². The maximum Gasteiger partial charge on any atom is 0.242 e. The third-order valence-corrected chi connectivity index (χ3v) is 7.43. The molecule has 0 radical (unpaired) electrons. The van der Waals surface area contributed by atoms with Gasteiger partial charge in [0.15, 0.2) is 0 Å². The molecule has 5 aliphatic rings. The molecule has 1 aromatic heterocycles. The van der Waals surface area contributed by atoms with Gasteiger partial charge in [-0.1, -0.05) is 0 Å². The van der Waals surface area contributed by atoms with Crippen LogP contribution in [0.25, 0.3) is 0 Å². The van der Waals surface area contributed by atoms with Crippen LogP contribution in [0.4, 0.5) is 5.82 Å². The van der Waals surface area contributed by atoms with E-state index in [4.69, 9.17) is 0 Å². The van der Waals surface area contributed by atoms with Crippen molar-refractivity contribution in [3.05, 3.63) is 18.6 Å². The quantitative estimate of drug-likeness (QED) is 0.852. The third-order valence-electron chi connectivity index (χ3n) is 7.43. The molecular formula is C21H29N5O2. The number of anilines is 1. The molecule has 4 saturated carbocycles. The Balaban J connectivity index is 1.13. The molecule has 1 saturated heterocycles. The van der Waals surface area contributed by atoms with Gasteiger partial charge in [0, 0.05) is 44.0 Å². The average molecular weight is 383 g/mol. The van der Waals surface area contributed by atoms with Gasteiger partial charge in [-0.3, -0.25) is 14.6 Å². The molecule has 0 aromatic carbocycles. The summed E-state index contributed by atoms with van der Waals surface area (Å²) in [6.07, 6.45) is 12.2. The number of nitrogens with one attached hydrogen (secondary N) is 1. The molecule has 150 valence electrons. The molecule has 0 unspecified atom stereocenters. The van der Waals surface area contributed by atoms with Gasteiger partial charge < -0.3 is 15.1 Å². The van der Waals surface area contributed by atoms with Crippen molar-refractivity contribution >= 4 is 17.6 Å². The molecule has 4 bridgehead atoms. The smallest absolute Gasteiger partial charge is 0.242 e. The zero-order chi connectivity index (χ0) is 19.1. The summed E-state index contributed by atoms with van der Waals surface area (Å²) in [6.45, 7) is 2.93. The molecule has 7 nitrogen and oxygen atoms in total. The number of piperazine rings is 1. The lowest BCUT2D eigenvalue weighted by atomic mass is 9.49. The minimum atomic E-state index is -0.181. The molecule has 0 atom stereocenters. The van der Waals surface area contributed by atoms with Gasteiger partial charge in [0.2, 0.25) is 11.8 Å². The Morgan fingerprint density at radius 3 is 2.21 bits per heavy atom. The van der Waals surface area contributed by atoms with E-state index in [9.17, 15) is 9.59 Å². The van der Waals surface area contributed by atoms with Crippen LogP contribution in [0.1, 0.15) is 38.5 Å². The van der Waals surface area contributed by atoms with Crippen molar-refractivity contribution in [2.45, 2.75) is 38.5 Å². The summed E-state index contributed by atoms with van der Waals surface area (Å²) >= 11 is 0. The highest BCUT2D eigenvalue weighted by molar-refractivity contribution is 5.88. The molecular weight excluding hydrogens is 354 g/mol. The number of carbonyl (C=O) groups is 2. The number of nitrogens with zero attached hydrogens (tertiary/aromatic N) is 4. The molecule has 2 heterocycles. The summed E-state index contributed by atoms with van der Waals surface area (Å²) in [7, 11) is 0. The highest BCUT2D eigenvalue weighted by atomic mass is 16.2. The lowest BCUT2D eigenvalue weighted by Gasteiger charge is -2.55. The van der Waals surface area contributed by atoms with E-state index in [1.165, 1.54) is 19.3 Å². The van der Waals surface area contributed by atoms with E-state index >= 15 is 0 Å². The number of hydrogen-bond donors (Lipinski definition) is 1. The molecule has 28 heavy (non-hydrogen) atoms. The van der Waals surface area contributed by atoms with E-state index in [1.807, 2.05) is 4.90 Å². The number of aromatic nitrogens is 2. The molecule has 6 rings (SSSR count). The predicted molar refractivity (Wildman–Crippen MR) is 104 cm³/mol. The van der Waals surface area contributed by atoms with Crippen molar-refractivity contribution in [2.75, 3.05) is 37.6 Å². The summed E-state index contributed by atoms with van der Waals surface area (Å²) < 4.78 is 0. The fraction of sp³-hybridized carbons (Fsp3) is 0.714. The maximum atomic E-state index is 13.0. The van der Waals surface area contributed by atoms with Gasteiger partial charge >= 0.3 is 0 Å². The molecule has 4 aliphatic carbocycles. The van der Waals surface area contributed by atoms with Crippen LogP contribution >= 0.6 is 0 Å². The van der Waals surface area contributed by atoms with E-state index in [2.05, 4.69) is 20.2 Å². The van der Waals surface area contributed by atoms with Crippen LogP contribution in [0.2, 0.25) is 0 Å². The molecule has 1 aliphatic heterocycles. The first-order chi connectivity index (χ1) is 13.6. The van der Waals surface area contributed by atoms with Crippen molar-refractivity contribution in [3.63, 3.8) is 0 Å². The van der Waals surface area contributed by atoms with Crippen molar-refractivity contribution in [1.82, 2.24) is 20.2 Å². The Bertz CT molecular complexity index is 709. The molecule has 0 spiro atoms. The van der Waals surface area contributed by atoms with Crippen molar-refractivity contribution in [3.8, 4) is 0 Å². The van der Waals surface area contributed by atoms with Gasteiger partial charge in [-0.2, -0.15) is 0 Å². The fourth-order valence-corrected chi connectivity index (χ4v) is 6.48. The van der Waals surface area contributed by atoms with Crippen LogP contribution in [0, 0.1) is 23.2 Å². The topological polar surface area (TPSA) is 78.4 Å². The first-order valence-electron chi connectivity index (χ1n) is 10.7. The van der Waals surface area contributed by atoms with Crippen LogP contribution in [0.15, 0.2) is 18.6 Å². The predicted octanol–water partition coefficient (Wildman–Crippen LogP) is 1.46. The van der Waals surface area contributed by atoms with Gasteiger partial charge in [-0.25, -0.2) is 4.98 Å². The zero-order valence-corrected chi connectivity index (χ0v) is 16.3. The summed E-state index contributed by atoms with van der Waals surface area (Å²) in [5.74, 6) is 3.23. The summed E-state index contributed by atoms with van der Waals surface area (Å²) in [5, 5.41) is 3.01. The van der Waals surface area contributed by atoms with Crippen molar-refractivity contribution < 1.29 is 9.59 Å². The van der Waals surface area contributed by atoms with Crippen molar-refractivity contribution in [2.24, 2.45) is 23.2 Å². The minimum Gasteiger partial charge on any atom is -0.352 e. The molecule has 2 amide bonds. The summed E-state index contributed by atoms with van der Waals surface area (Å²) in [6, 6.07) is 0. The lowest BCUT2D eigenvalue weighted by Crippen LogP contribution is -2.56. The third kappa shape index (κ3) is 3.25. The Morgan fingerprint density at radius 1 is 1.00 bits per heavy atom. The van der Waals surface area contributed by atoms with Crippen LogP contribution < -0.4 is 10.2 Å². The van der Waals surface area contributed by atoms with Crippen molar-refractivity contribution in [1.29, 1.82) is 0 Å². The van der Waals surface area contributed by atoms with Gasteiger partial charge in [0.25, 0.3) is 0 Å². The maximum absolute atomic E-state index is 13.0. The standard InChI is InChI=1S/C21H29N5O2/c27-19(26-5-3-25(4-6-26)18-13-22-1-2-23-18)14-24-20(28)21-10-15-7-16(11-21)9-17(8-15)12-21/h1-2,13,15-17H,3-12,14H2,(H,24,28). The van der Waals surface area contributed by atoms with E-state index in [1.54, 1.807) is 18.6 Å². The van der Waals surface area contributed by atoms with Crippen LogP contribution in [-0.4, -0.2) is 59.4 Å². The average Bonchev–Trinajstić information content (AvgIpc) is 2.71. The Kier molecular flexibility index (Phi) is 4.48. The van der Waals surface area contributed by atoms with E-state index in [0.717, 1.165) is 55.9 Å². The van der Waals surface area contributed by atoms with Crippen LogP contribution in [-0.2, 0) is 9.59 Å². The van der Waals surface area contributed by atoms with Gasteiger partial charge in [-0.15, -0.1) is 0 Å². The van der Waals surface area contributed by atoms with E-state index < -0.39 is 0 Å². The number of hydrogen-bond acceptors (Lipinski definition) is 5. The molecule has 1 aromatic rings. The second-order valence-electron chi connectivity index (χ2n) is 9.31. The highest BCUT2D eigenvalue weighted by Gasteiger charge is 2.54. The summed E-state index contributed by atoms with van der Waals surface area (Å²) in [4.78, 5) is 38.1. The van der Waals surface area contributed by atoms with Gasteiger partial charge in [-0.05, 0) is 56.3 Å². The fourth-order valence-electron chi connectivity index (χ4n) is 6.48. The first kappa shape index (κ1) is 17.9. The molecule has 1 N–H and O–H groups in total. The second-order valence-corrected chi connectivity index (χ2v) is 9.31. The van der Waals surface area contributed by atoms with Crippen LogP contribution in [0.5, 0.6) is 0 Å². The molecule has 7 heteroatoms. The number of rotatable bonds is 4. The monoisotopic (exact) mass is 383 g/mol. The normalized spacial score (nSPS) is 33.8. The SMILES string of the molecule is O=C(CNC(=O)C12CC3CC(CC(C3)C1)C2)N1CCN(c2cnccn2)CC1. The Labute approximate surface area is 165 Å². The van der Waals surface area contributed by atoms with Crippen LogP contribution in [0.3, 0.4) is 0 Å². The second kappa shape index (κ2) is 7.01. The highest BCUT2D eigenvalue weighted by Crippen LogP contribution is 2.60. The van der Waals surface area contributed by atoms with Gasteiger partial charge in [0.05, 0.1) is 12.7 Å². The lowest BCUT2D eigenvalue weighted by molar-refractivity contribution is -0.148.